The molecule has 2 aromatic heterocycles. The highest BCUT2D eigenvalue weighted by Crippen LogP contribution is 2.22. The molecular weight excluding hydrogens is 426 g/mol. The van der Waals surface area contributed by atoms with E-state index in [1.54, 1.807) is 24.3 Å². The molecule has 0 atom stereocenters. The number of nitrogens with zero attached hydrogens (tertiary/aromatic N) is 2. The Balaban J connectivity index is 1.37. The van der Waals surface area contributed by atoms with Gasteiger partial charge in [-0.3, -0.25) is 9.78 Å². The lowest BCUT2D eigenvalue weighted by atomic mass is 10.1. The maximum Gasteiger partial charge on any atom is 0.337 e. The van der Waals surface area contributed by atoms with Gasteiger partial charge in [-0.2, -0.15) is 0 Å². The number of hydrogen-bond donors (Lipinski definition) is 1. The molecule has 1 amide bonds. The number of carbonyl (C=O) groups is 2. The molecule has 0 bridgehead atoms. The second-order valence-corrected chi connectivity index (χ2v) is 8.08. The number of benzene rings is 3. The van der Waals surface area contributed by atoms with Crippen molar-refractivity contribution < 1.29 is 14.3 Å². The van der Waals surface area contributed by atoms with Crippen molar-refractivity contribution in [2.75, 3.05) is 7.11 Å². The summed E-state index contributed by atoms with van der Waals surface area (Å²) in [4.78, 5) is 29.3. The molecule has 168 valence electrons. The molecule has 0 radical (unpaired) electrons. The Labute approximate surface area is 196 Å². The van der Waals surface area contributed by atoms with Crippen LogP contribution in [0, 0.1) is 0 Å². The maximum absolute atomic E-state index is 13.1. The third-order valence-corrected chi connectivity index (χ3v) is 5.88. The zero-order valence-corrected chi connectivity index (χ0v) is 18.7. The van der Waals surface area contributed by atoms with Crippen LogP contribution in [0.3, 0.4) is 0 Å². The fraction of sp³-hybridized carbons (Fsp3) is 0.107. The van der Waals surface area contributed by atoms with Crippen LogP contribution in [0.4, 0.5) is 0 Å². The molecule has 6 heteroatoms. The Morgan fingerprint density at radius 2 is 1.68 bits per heavy atom. The van der Waals surface area contributed by atoms with Gasteiger partial charge in [-0.1, -0.05) is 48.5 Å². The maximum atomic E-state index is 13.1. The van der Waals surface area contributed by atoms with Crippen molar-refractivity contribution in [3.05, 3.63) is 114 Å². The van der Waals surface area contributed by atoms with Gasteiger partial charge in [0.1, 0.15) is 0 Å². The van der Waals surface area contributed by atoms with Crippen LogP contribution in [0.15, 0.2) is 91.3 Å². The first kappa shape index (κ1) is 21.4. The molecule has 0 fully saturated rings. The molecular formula is C28H23N3O3. The molecule has 0 saturated carbocycles. The molecule has 0 aliphatic rings. The number of rotatable bonds is 6. The van der Waals surface area contributed by atoms with Gasteiger partial charge in [-0.25, -0.2) is 4.79 Å². The highest BCUT2D eigenvalue weighted by molar-refractivity contribution is 6.06. The molecule has 0 aliphatic heterocycles. The van der Waals surface area contributed by atoms with E-state index in [1.807, 2.05) is 54.9 Å². The van der Waals surface area contributed by atoms with E-state index in [4.69, 9.17) is 4.74 Å². The molecule has 34 heavy (non-hydrogen) atoms. The van der Waals surface area contributed by atoms with E-state index in [2.05, 4.69) is 27.0 Å². The molecule has 5 aromatic rings. The van der Waals surface area contributed by atoms with E-state index in [-0.39, 0.29) is 11.9 Å². The molecule has 2 heterocycles. The average molecular weight is 450 g/mol. The van der Waals surface area contributed by atoms with Crippen LogP contribution in [-0.2, 0) is 17.8 Å². The zero-order chi connectivity index (χ0) is 23.5. The molecule has 5 rings (SSSR count). The Morgan fingerprint density at radius 3 is 2.47 bits per heavy atom. The van der Waals surface area contributed by atoms with Crippen LogP contribution >= 0.6 is 0 Å². The first-order valence-corrected chi connectivity index (χ1v) is 11.0. The first-order chi connectivity index (χ1) is 16.6. The molecule has 3 aromatic carbocycles. The number of carbonyl (C=O) groups excluding carboxylic acids is 2. The lowest BCUT2D eigenvalue weighted by Crippen LogP contribution is -2.23. The lowest BCUT2D eigenvalue weighted by Gasteiger charge is -2.11. The Kier molecular flexibility index (Phi) is 5.79. The van der Waals surface area contributed by atoms with Crippen molar-refractivity contribution in [2.45, 2.75) is 13.1 Å². The number of hydrogen-bond acceptors (Lipinski definition) is 4. The first-order valence-electron chi connectivity index (χ1n) is 11.0. The monoisotopic (exact) mass is 449 g/mol. The highest BCUT2D eigenvalue weighted by Gasteiger charge is 2.14. The third kappa shape index (κ3) is 4.26. The smallest absolute Gasteiger partial charge is 0.337 e. The second-order valence-electron chi connectivity index (χ2n) is 8.08. The topological polar surface area (TPSA) is 73.2 Å². The van der Waals surface area contributed by atoms with Crippen molar-refractivity contribution in [1.29, 1.82) is 0 Å². The second kappa shape index (κ2) is 9.19. The average Bonchev–Trinajstić information content (AvgIpc) is 3.30. The van der Waals surface area contributed by atoms with Crippen LogP contribution in [0.2, 0.25) is 0 Å². The number of ether oxygens (including phenoxy) is 1. The normalized spacial score (nSPS) is 11.0. The molecule has 0 saturated heterocycles. The lowest BCUT2D eigenvalue weighted by molar-refractivity contribution is 0.0600. The number of methoxy groups -OCH3 is 1. The summed E-state index contributed by atoms with van der Waals surface area (Å²) in [6.07, 6.45) is 3.87. The molecule has 0 aliphatic carbocycles. The van der Waals surface area contributed by atoms with Crippen LogP contribution in [0.5, 0.6) is 0 Å². The van der Waals surface area contributed by atoms with E-state index in [9.17, 15) is 9.59 Å². The number of fused-ring (bicyclic) bond motifs is 2. The predicted molar refractivity (Wildman–Crippen MR) is 132 cm³/mol. The minimum atomic E-state index is -0.385. The summed E-state index contributed by atoms with van der Waals surface area (Å²) in [6, 6.07) is 25.0. The minimum absolute atomic E-state index is 0.158. The summed E-state index contributed by atoms with van der Waals surface area (Å²) in [6.45, 7) is 0.914. The largest absolute Gasteiger partial charge is 0.465 e. The predicted octanol–water partition coefficient (Wildman–Crippen LogP) is 4.95. The van der Waals surface area contributed by atoms with Gasteiger partial charge < -0.3 is 14.6 Å². The van der Waals surface area contributed by atoms with Crippen molar-refractivity contribution >= 4 is 33.6 Å². The van der Waals surface area contributed by atoms with Gasteiger partial charge in [-0.15, -0.1) is 0 Å². The summed E-state index contributed by atoms with van der Waals surface area (Å²) in [5, 5.41) is 6.23. The van der Waals surface area contributed by atoms with E-state index < -0.39 is 0 Å². The van der Waals surface area contributed by atoms with Crippen LogP contribution in [0.25, 0.3) is 21.7 Å². The van der Waals surface area contributed by atoms with Crippen LogP contribution in [-0.4, -0.2) is 28.5 Å². The molecule has 1 N–H and O–H groups in total. The number of para-hydroxylation sites is 1. The van der Waals surface area contributed by atoms with Gasteiger partial charge in [0.05, 0.1) is 36.0 Å². The van der Waals surface area contributed by atoms with E-state index in [0.717, 1.165) is 32.9 Å². The van der Waals surface area contributed by atoms with Crippen molar-refractivity contribution in [2.24, 2.45) is 0 Å². The SMILES string of the molecule is COC(=O)c1ccc(CNC(=O)c2cccc3ccn(Cc4cc5ccccc5cn4)c23)cc1. The molecule has 0 unspecified atom stereocenters. The Morgan fingerprint density at radius 1 is 0.912 bits per heavy atom. The van der Waals surface area contributed by atoms with Crippen LogP contribution < -0.4 is 5.32 Å². The number of pyridine rings is 1. The van der Waals surface area contributed by atoms with Crippen LogP contribution in [0.1, 0.15) is 32.0 Å². The highest BCUT2D eigenvalue weighted by atomic mass is 16.5. The summed E-state index contributed by atoms with van der Waals surface area (Å²) < 4.78 is 6.79. The summed E-state index contributed by atoms with van der Waals surface area (Å²) in [7, 11) is 1.35. The van der Waals surface area contributed by atoms with Gasteiger partial charge in [-0.05, 0) is 41.3 Å². The van der Waals surface area contributed by atoms with E-state index in [1.165, 1.54) is 7.11 Å². The van der Waals surface area contributed by atoms with Crippen molar-refractivity contribution in [1.82, 2.24) is 14.9 Å². The zero-order valence-electron chi connectivity index (χ0n) is 18.7. The minimum Gasteiger partial charge on any atom is -0.465 e. The van der Waals surface area contributed by atoms with Gasteiger partial charge in [0.2, 0.25) is 0 Å². The summed E-state index contributed by atoms with van der Waals surface area (Å²) in [5.74, 6) is -0.544. The van der Waals surface area contributed by atoms with Gasteiger partial charge in [0.15, 0.2) is 0 Å². The molecule has 6 nitrogen and oxygen atoms in total. The third-order valence-electron chi connectivity index (χ3n) is 5.88. The summed E-state index contributed by atoms with van der Waals surface area (Å²) in [5.41, 5.74) is 3.77. The Bertz CT molecular complexity index is 1500. The summed E-state index contributed by atoms with van der Waals surface area (Å²) >= 11 is 0. The van der Waals surface area contributed by atoms with Crippen molar-refractivity contribution in [3.63, 3.8) is 0 Å². The fourth-order valence-corrected chi connectivity index (χ4v) is 4.12. The van der Waals surface area contributed by atoms with E-state index in [0.29, 0.717) is 24.2 Å². The quantitative estimate of drug-likeness (QED) is 0.372. The van der Waals surface area contributed by atoms with Gasteiger partial charge in [0.25, 0.3) is 5.91 Å². The Hall–Kier alpha value is -4.45. The van der Waals surface area contributed by atoms with Gasteiger partial charge in [0, 0.05) is 29.7 Å². The van der Waals surface area contributed by atoms with Crippen molar-refractivity contribution in [3.8, 4) is 0 Å². The number of aromatic nitrogens is 2. The van der Waals surface area contributed by atoms with E-state index >= 15 is 0 Å². The molecule has 0 spiro atoms. The number of nitrogens with one attached hydrogen (secondary N) is 1. The number of esters is 1. The standard InChI is InChI=1S/C28H23N3O3/c1-34-28(33)21-11-9-19(10-12-21)16-30-27(32)25-8-4-7-20-13-14-31(26(20)25)18-24-15-22-5-2-3-6-23(22)17-29-24/h2-15,17H,16,18H2,1H3,(H,30,32). The van der Waals surface area contributed by atoms with Gasteiger partial charge >= 0.3 is 5.97 Å². The number of amides is 1. The fourth-order valence-electron chi connectivity index (χ4n) is 4.12.